The molecule has 0 amide bonds. The van der Waals surface area contributed by atoms with E-state index in [1.807, 2.05) is 5.09 Å². The first-order valence-corrected chi connectivity index (χ1v) is 11.5. The predicted molar refractivity (Wildman–Crippen MR) is 110 cm³/mol. The molecule has 10 heteroatoms. The van der Waals surface area contributed by atoms with Gasteiger partial charge in [-0.3, -0.25) is 5.09 Å². The minimum atomic E-state index is -4.75. The summed E-state index contributed by atoms with van der Waals surface area (Å²) < 4.78 is 40.1. The van der Waals surface area contributed by atoms with Crippen LogP contribution >= 0.6 is 15.5 Å². The van der Waals surface area contributed by atoms with Crippen molar-refractivity contribution in [1.29, 1.82) is 0 Å². The highest BCUT2D eigenvalue weighted by molar-refractivity contribution is 7.54. The summed E-state index contributed by atoms with van der Waals surface area (Å²) in [5.74, 6) is 0.118. The van der Waals surface area contributed by atoms with Gasteiger partial charge in [0.1, 0.15) is 11.5 Å². The van der Waals surface area contributed by atoms with Crippen LogP contribution < -0.4 is 14.1 Å². The molecule has 0 aliphatic heterocycles. The summed E-state index contributed by atoms with van der Waals surface area (Å²) in [4.78, 5) is 18.7. The molecule has 150 valence electrons. The van der Waals surface area contributed by atoms with E-state index >= 15 is 0 Å². The second-order valence-electron chi connectivity index (χ2n) is 5.75. The van der Waals surface area contributed by atoms with Gasteiger partial charge in [0.2, 0.25) is 0 Å². The molecule has 0 fully saturated rings. The van der Waals surface area contributed by atoms with Gasteiger partial charge in [-0.05, 0) is 24.3 Å². The van der Waals surface area contributed by atoms with Crippen LogP contribution in [0.1, 0.15) is 5.56 Å². The molecule has 0 heterocycles. The first kappa shape index (κ1) is 20.8. The fourth-order valence-electron chi connectivity index (χ4n) is 2.29. The number of para-hydroxylation sites is 2. The lowest BCUT2D eigenvalue weighted by Crippen LogP contribution is -2.22. The van der Waals surface area contributed by atoms with E-state index in [2.05, 4.69) is 4.76 Å². The zero-order valence-electron chi connectivity index (χ0n) is 15.0. The second-order valence-corrected chi connectivity index (χ2v) is 8.56. The summed E-state index contributed by atoms with van der Waals surface area (Å²) in [6, 6.07) is 24.6. The highest BCUT2D eigenvalue weighted by Crippen LogP contribution is 2.50. The van der Waals surface area contributed by atoms with E-state index in [4.69, 9.17) is 9.05 Å². The number of benzene rings is 3. The summed E-state index contributed by atoms with van der Waals surface area (Å²) in [6.07, 6.45) is 0. The average molecular weight is 432 g/mol. The molecule has 0 saturated heterocycles. The van der Waals surface area contributed by atoms with Gasteiger partial charge in [-0.2, -0.15) is 0 Å². The van der Waals surface area contributed by atoms with Crippen molar-refractivity contribution in [1.82, 2.24) is 5.09 Å². The fourth-order valence-corrected chi connectivity index (χ4v) is 4.13. The van der Waals surface area contributed by atoms with Gasteiger partial charge in [-0.1, -0.05) is 66.7 Å². The minimum absolute atomic E-state index is 0.221. The summed E-state index contributed by atoms with van der Waals surface area (Å²) in [7, 11) is -9.04. The third kappa shape index (κ3) is 6.59. The van der Waals surface area contributed by atoms with E-state index in [0.29, 0.717) is 5.56 Å². The van der Waals surface area contributed by atoms with Crippen molar-refractivity contribution >= 4 is 21.3 Å². The summed E-state index contributed by atoms with van der Waals surface area (Å²) >= 11 is 0. The Labute approximate surface area is 167 Å². The molecule has 0 unspecified atom stereocenters. The molecule has 0 aromatic heterocycles. The quantitative estimate of drug-likeness (QED) is 0.288. The second kappa shape index (κ2) is 9.07. The number of nitrogens with one attached hydrogen (secondary N) is 1. The predicted octanol–water partition coefficient (Wildman–Crippen LogP) is 4.38. The largest absolute Gasteiger partial charge is 0.565 e. The van der Waals surface area contributed by atoms with E-state index in [1.165, 1.54) is 0 Å². The zero-order valence-corrected chi connectivity index (χ0v) is 16.8. The molecule has 0 atom stereocenters. The molecule has 0 aliphatic rings. The van der Waals surface area contributed by atoms with E-state index in [0.717, 1.165) is 0 Å². The van der Waals surface area contributed by atoms with E-state index in [9.17, 15) is 18.9 Å². The number of hydrogen-bond donors (Lipinski definition) is 3. The van der Waals surface area contributed by atoms with Gasteiger partial charge in [-0.15, -0.1) is 4.76 Å². The monoisotopic (exact) mass is 432 g/mol. The smallest absolute Gasteiger partial charge is 0.399 e. The van der Waals surface area contributed by atoms with Crippen LogP contribution in [-0.4, -0.2) is 15.6 Å². The van der Waals surface area contributed by atoms with Crippen molar-refractivity contribution in [2.45, 2.75) is 0 Å². The Balaban J connectivity index is 2.06. The molecule has 0 radical (unpaired) electrons. The molecule has 29 heavy (non-hydrogen) atoms. The van der Waals surface area contributed by atoms with Gasteiger partial charge in [0, 0.05) is 5.56 Å². The van der Waals surface area contributed by atoms with Crippen LogP contribution in [0.15, 0.2) is 95.8 Å². The standard InChI is InChI=1S/C19H18N2O6P2/c22-28(23,24)20-19(16-10-4-1-5-11-16)21-29(25,26-17-12-6-2-7-13-17)27-18-14-8-3-9-15-18/h1-15H,(H3,20,21,22,23,24,25). The maximum Gasteiger partial charge on any atom is 0.565 e. The van der Waals surface area contributed by atoms with Gasteiger partial charge >= 0.3 is 15.5 Å². The van der Waals surface area contributed by atoms with Crippen LogP contribution in [-0.2, 0) is 9.13 Å². The van der Waals surface area contributed by atoms with Crippen LogP contribution in [0.2, 0.25) is 0 Å². The van der Waals surface area contributed by atoms with Gasteiger partial charge in [0.05, 0.1) is 0 Å². The first-order chi connectivity index (χ1) is 13.8. The Hall–Kier alpha value is -2.89. The summed E-state index contributed by atoms with van der Waals surface area (Å²) in [5.41, 5.74) is 0.296. The van der Waals surface area contributed by atoms with Gasteiger partial charge < -0.3 is 18.8 Å². The van der Waals surface area contributed by atoms with E-state index in [-0.39, 0.29) is 17.3 Å². The molecule has 0 spiro atoms. The van der Waals surface area contributed by atoms with Crippen LogP contribution in [0.5, 0.6) is 11.5 Å². The minimum Gasteiger partial charge on any atom is -0.399 e. The topological polar surface area (TPSA) is 117 Å². The van der Waals surface area contributed by atoms with E-state index < -0.39 is 15.5 Å². The summed E-state index contributed by atoms with van der Waals surface area (Å²) in [5, 5.41) is 1.98. The Bertz CT molecular complexity index is 1010. The Morgan fingerprint density at radius 1 is 0.724 bits per heavy atom. The normalized spacial score (nSPS) is 12.3. The average Bonchev–Trinajstić information content (AvgIpc) is 2.68. The third-order valence-electron chi connectivity index (χ3n) is 3.45. The lowest BCUT2D eigenvalue weighted by atomic mass is 10.2. The van der Waals surface area contributed by atoms with Crippen molar-refractivity contribution in [3.8, 4) is 11.5 Å². The van der Waals surface area contributed by atoms with Gasteiger partial charge in [0.15, 0.2) is 5.84 Å². The number of amidine groups is 1. The molecule has 0 saturated carbocycles. The first-order valence-electron chi connectivity index (χ1n) is 8.42. The molecule has 3 N–H and O–H groups in total. The van der Waals surface area contributed by atoms with Crippen molar-refractivity contribution in [3.63, 3.8) is 0 Å². The van der Waals surface area contributed by atoms with E-state index in [1.54, 1.807) is 91.0 Å². The lowest BCUT2D eigenvalue weighted by Gasteiger charge is -2.18. The van der Waals surface area contributed by atoms with Crippen molar-refractivity contribution in [3.05, 3.63) is 96.6 Å². The molecule has 3 aromatic rings. The zero-order chi connectivity index (χ0) is 20.7. The Kier molecular flexibility index (Phi) is 6.52. The van der Waals surface area contributed by atoms with Crippen LogP contribution in [0.3, 0.4) is 0 Å². The van der Waals surface area contributed by atoms with Crippen LogP contribution in [0, 0.1) is 0 Å². The molecule has 0 aliphatic carbocycles. The number of hydrogen-bond acceptors (Lipinski definition) is 4. The third-order valence-corrected chi connectivity index (χ3v) is 5.28. The van der Waals surface area contributed by atoms with Crippen molar-refractivity contribution in [2.24, 2.45) is 4.76 Å². The highest BCUT2D eigenvalue weighted by atomic mass is 31.2. The van der Waals surface area contributed by atoms with Crippen LogP contribution in [0.4, 0.5) is 0 Å². The van der Waals surface area contributed by atoms with Crippen LogP contribution in [0.25, 0.3) is 0 Å². The Morgan fingerprint density at radius 2 is 1.14 bits per heavy atom. The highest BCUT2D eigenvalue weighted by Gasteiger charge is 2.31. The van der Waals surface area contributed by atoms with Gasteiger partial charge in [0.25, 0.3) is 0 Å². The fraction of sp³-hybridized carbons (Fsp3) is 0. The van der Waals surface area contributed by atoms with Crippen molar-refractivity contribution < 1.29 is 28.0 Å². The van der Waals surface area contributed by atoms with Gasteiger partial charge in [-0.25, -0.2) is 9.13 Å². The van der Waals surface area contributed by atoms with Crippen molar-refractivity contribution in [2.75, 3.05) is 0 Å². The molecule has 8 nitrogen and oxygen atoms in total. The maximum atomic E-state index is 13.5. The lowest BCUT2D eigenvalue weighted by molar-refractivity contribution is 0.367. The summed E-state index contributed by atoms with van der Waals surface area (Å²) in [6.45, 7) is 0. The molecule has 3 aromatic carbocycles. The maximum absolute atomic E-state index is 13.5. The Morgan fingerprint density at radius 3 is 1.55 bits per heavy atom. The number of nitrogens with zero attached hydrogens (tertiary/aromatic N) is 1. The molecule has 0 bridgehead atoms. The molecule has 3 rings (SSSR count). The molecular formula is C19H18N2O6P2. The SMILES string of the molecule is O=P(O)(O)N/C(=N\P(=O)(Oc1ccccc1)Oc1ccccc1)c1ccccc1. The molecular weight excluding hydrogens is 414 g/mol. The number of rotatable bonds is 7.